The largest absolute Gasteiger partial charge is 0.486 e. The Morgan fingerprint density at radius 1 is 1.36 bits per heavy atom. The summed E-state index contributed by atoms with van der Waals surface area (Å²) in [5, 5.41) is 3.95. The number of halogens is 1. The maximum absolute atomic E-state index is 5.45. The van der Waals surface area contributed by atoms with Crippen LogP contribution in [-0.2, 0) is 0 Å². The minimum atomic E-state index is 0.437. The Hall–Kier alpha value is -0.610. The molecule has 0 fully saturated rings. The number of thiocarbonyl (C=S) groups is 1. The van der Waals surface area contributed by atoms with E-state index in [0.717, 1.165) is 22.6 Å². The molecule has 1 aromatic carbocycles. The van der Waals surface area contributed by atoms with Crippen LogP contribution < -0.4 is 10.1 Å². The van der Waals surface area contributed by atoms with E-state index in [0.29, 0.717) is 6.61 Å². The molecule has 0 spiro atoms. The van der Waals surface area contributed by atoms with Crippen molar-refractivity contribution >= 4 is 33.1 Å². The van der Waals surface area contributed by atoms with Gasteiger partial charge in [-0.1, -0.05) is 46.3 Å². The van der Waals surface area contributed by atoms with Gasteiger partial charge >= 0.3 is 0 Å². The lowest BCUT2D eigenvalue weighted by Gasteiger charge is -2.08. The average molecular weight is 274 g/mol. The first-order valence-electron chi connectivity index (χ1n) is 4.33. The third kappa shape index (κ3) is 4.58. The summed E-state index contributed by atoms with van der Waals surface area (Å²) in [6.07, 6.45) is 0. The summed E-state index contributed by atoms with van der Waals surface area (Å²) in [4.78, 5) is 0.730. The molecule has 0 bridgehead atoms. The number of para-hydroxylation sites is 1. The van der Waals surface area contributed by atoms with Crippen molar-refractivity contribution in [1.29, 1.82) is 0 Å². The van der Waals surface area contributed by atoms with Crippen molar-refractivity contribution in [3.8, 4) is 5.75 Å². The van der Waals surface area contributed by atoms with Crippen LogP contribution >= 0.6 is 28.1 Å². The Labute approximate surface area is 97.8 Å². The van der Waals surface area contributed by atoms with Crippen molar-refractivity contribution in [2.75, 3.05) is 18.5 Å². The molecule has 76 valence electrons. The van der Waals surface area contributed by atoms with E-state index in [4.69, 9.17) is 17.0 Å². The Kier molecular flexibility index (Phi) is 5.56. The van der Waals surface area contributed by atoms with E-state index in [-0.39, 0.29) is 0 Å². The molecule has 2 nitrogen and oxygen atoms in total. The molecule has 0 amide bonds. The van der Waals surface area contributed by atoms with Gasteiger partial charge in [-0.05, 0) is 12.1 Å². The molecular weight excluding hydrogens is 262 g/mol. The minimum absolute atomic E-state index is 0.437. The van der Waals surface area contributed by atoms with Crippen LogP contribution in [0, 0.1) is 0 Å². The van der Waals surface area contributed by atoms with Gasteiger partial charge in [0.25, 0.3) is 0 Å². The van der Waals surface area contributed by atoms with Crippen LogP contribution in [0.4, 0.5) is 0 Å². The summed E-state index contributed by atoms with van der Waals surface area (Å²) < 4.78 is 5.45. The van der Waals surface area contributed by atoms with Gasteiger partial charge in [-0.25, -0.2) is 0 Å². The normalized spacial score (nSPS) is 9.50. The van der Waals surface area contributed by atoms with E-state index >= 15 is 0 Å². The topological polar surface area (TPSA) is 21.3 Å². The summed E-state index contributed by atoms with van der Waals surface area (Å²) in [6, 6.07) is 9.64. The highest BCUT2D eigenvalue weighted by atomic mass is 79.9. The number of ether oxygens (including phenoxy) is 1. The van der Waals surface area contributed by atoms with Crippen LogP contribution in [0.15, 0.2) is 30.3 Å². The molecular formula is C10H12BrNOS. The standard InChI is InChI=1S/C10H12BrNOS/c11-6-7-12-10(14)8-13-9-4-2-1-3-5-9/h1-5H,6-8H2,(H,12,14). The average Bonchev–Trinajstić information content (AvgIpc) is 2.25. The van der Waals surface area contributed by atoms with Crippen molar-refractivity contribution < 1.29 is 4.74 Å². The van der Waals surface area contributed by atoms with Crippen LogP contribution in [0.5, 0.6) is 5.75 Å². The molecule has 0 saturated carbocycles. The molecule has 4 heteroatoms. The Morgan fingerprint density at radius 2 is 2.07 bits per heavy atom. The van der Waals surface area contributed by atoms with E-state index < -0.39 is 0 Å². The van der Waals surface area contributed by atoms with Crippen LogP contribution in [0.1, 0.15) is 0 Å². The van der Waals surface area contributed by atoms with Gasteiger partial charge in [-0.3, -0.25) is 0 Å². The minimum Gasteiger partial charge on any atom is -0.486 e. The van der Waals surface area contributed by atoms with Crippen molar-refractivity contribution in [2.24, 2.45) is 0 Å². The van der Waals surface area contributed by atoms with E-state index in [1.165, 1.54) is 0 Å². The van der Waals surface area contributed by atoms with Crippen LogP contribution in [0.2, 0.25) is 0 Å². The second-order valence-electron chi connectivity index (χ2n) is 2.64. The summed E-state index contributed by atoms with van der Waals surface area (Å²) in [6.45, 7) is 1.27. The number of hydrogen-bond acceptors (Lipinski definition) is 2. The lowest BCUT2D eigenvalue weighted by atomic mass is 10.3. The number of hydrogen-bond donors (Lipinski definition) is 1. The van der Waals surface area contributed by atoms with Crippen molar-refractivity contribution in [1.82, 2.24) is 5.32 Å². The van der Waals surface area contributed by atoms with Gasteiger partial charge in [0.05, 0.1) is 0 Å². The zero-order valence-electron chi connectivity index (χ0n) is 7.70. The Bertz CT molecular complexity index is 279. The van der Waals surface area contributed by atoms with Gasteiger partial charge in [0.1, 0.15) is 17.3 Å². The van der Waals surface area contributed by atoms with E-state index in [9.17, 15) is 0 Å². The maximum Gasteiger partial charge on any atom is 0.138 e. The SMILES string of the molecule is S=C(COc1ccccc1)NCCBr. The highest BCUT2D eigenvalue weighted by Gasteiger charge is 1.96. The monoisotopic (exact) mass is 273 g/mol. The van der Waals surface area contributed by atoms with Crippen molar-refractivity contribution in [3.05, 3.63) is 30.3 Å². The zero-order chi connectivity index (χ0) is 10.2. The lowest BCUT2D eigenvalue weighted by molar-refractivity contribution is 0.375. The zero-order valence-corrected chi connectivity index (χ0v) is 10.1. The van der Waals surface area contributed by atoms with Gasteiger partial charge in [-0.15, -0.1) is 0 Å². The summed E-state index contributed by atoms with van der Waals surface area (Å²) in [5.41, 5.74) is 0. The molecule has 14 heavy (non-hydrogen) atoms. The first kappa shape index (κ1) is 11.5. The molecule has 0 aliphatic rings. The fourth-order valence-electron chi connectivity index (χ4n) is 0.903. The molecule has 0 heterocycles. The molecule has 0 unspecified atom stereocenters. The van der Waals surface area contributed by atoms with E-state index in [1.807, 2.05) is 30.3 Å². The van der Waals surface area contributed by atoms with Crippen LogP contribution in [0.25, 0.3) is 0 Å². The van der Waals surface area contributed by atoms with Gasteiger partial charge in [0.15, 0.2) is 0 Å². The van der Waals surface area contributed by atoms with Gasteiger partial charge in [0, 0.05) is 11.9 Å². The first-order chi connectivity index (χ1) is 6.83. The molecule has 0 saturated heterocycles. The second-order valence-corrected chi connectivity index (χ2v) is 3.93. The summed E-state index contributed by atoms with van der Waals surface area (Å²) in [5.74, 6) is 0.843. The lowest BCUT2D eigenvalue weighted by Crippen LogP contribution is -2.28. The van der Waals surface area contributed by atoms with Crippen molar-refractivity contribution in [2.45, 2.75) is 0 Å². The fourth-order valence-corrected chi connectivity index (χ4v) is 1.26. The fraction of sp³-hybridized carbons (Fsp3) is 0.300. The van der Waals surface area contributed by atoms with Crippen LogP contribution in [0.3, 0.4) is 0 Å². The smallest absolute Gasteiger partial charge is 0.138 e. The number of nitrogens with one attached hydrogen (secondary N) is 1. The first-order valence-corrected chi connectivity index (χ1v) is 5.86. The van der Waals surface area contributed by atoms with Crippen LogP contribution in [-0.4, -0.2) is 23.5 Å². The molecule has 1 N–H and O–H groups in total. The Morgan fingerprint density at radius 3 is 2.71 bits per heavy atom. The highest BCUT2D eigenvalue weighted by molar-refractivity contribution is 9.09. The summed E-state index contributed by atoms with van der Waals surface area (Å²) >= 11 is 8.37. The summed E-state index contributed by atoms with van der Waals surface area (Å²) in [7, 11) is 0. The van der Waals surface area contributed by atoms with Gasteiger partial charge < -0.3 is 10.1 Å². The molecule has 0 aliphatic carbocycles. The molecule has 0 aromatic heterocycles. The van der Waals surface area contributed by atoms with Crippen molar-refractivity contribution in [3.63, 3.8) is 0 Å². The number of rotatable bonds is 5. The number of alkyl halides is 1. The molecule has 1 aromatic rings. The molecule has 0 radical (unpaired) electrons. The molecule has 0 atom stereocenters. The highest BCUT2D eigenvalue weighted by Crippen LogP contribution is 2.07. The predicted molar refractivity (Wildman–Crippen MR) is 66.3 cm³/mol. The second kappa shape index (κ2) is 6.79. The third-order valence-corrected chi connectivity index (χ3v) is 2.19. The predicted octanol–water partition coefficient (Wildman–Crippen LogP) is 2.38. The quantitative estimate of drug-likeness (QED) is 0.658. The maximum atomic E-state index is 5.45. The van der Waals surface area contributed by atoms with Gasteiger partial charge in [-0.2, -0.15) is 0 Å². The van der Waals surface area contributed by atoms with E-state index in [2.05, 4.69) is 21.2 Å². The molecule has 0 aliphatic heterocycles. The van der Waals surface area contributed by atoms with Gasteiger partial charge in [0.2, 0.25) is 0 Å². The Balaban J connectivity index is 2.24. The number of benzene rings is 1. The van der Waals surface area contributed by atoms with E-state index in [1.54, 1.807) is 0 Å². The third-order valence-electron chi connectivity index (χ3n) is 1.53. The molecule has 1 rings (SSSR count).